The number of carbonyl (C=O) groups excluding carboxylic acids is 1. The van der Waals surface area contributed by atoms with Crippen LogP contribution in [0.1, 0.15) is 37.0 Å². The van der Waals surface area contributed by atoms with Crippen molar-refractivity contribution in [1.82, 2.24) is 0 Å². The second-order valence-electron chi connectivity index (χ2n) is 6.37. The fourth-order valence-corrected chi connectivity index (χ4v) is 5.07. The van der Waals surface area contributed by atoms with Crippen molar-refractivity contribution in [2.24, 2.45) is 10.9 Å². The highest BCUT2D eigenvalue weighted by Gasteiger charge is 2.43. The predicted octanol–water partition coefficient (Wildman–Crippen LogP) is 4.17. The lowest BCUT2D eigenvalue weighted by atomic mass is 9.71. The van der Waals surface area contributed by atoms with Gasteiger partial charge in [-0.15, -0.1) is 11.3 Å². The third kappa shape index (κ3) is 2.31. The van der Waals surface area contributed by atoms with Gasteiger partial charge in [0, 0.05) is 33.3 Å². The number of aliphatic imine (C=N–C) groups is 1. The molecule has 122 valence electrons. The van der Waals surface area contributed by atoms with E-state index in [0.29, 0.717) is 12.1 Å². The molecule has 1 fully saturated rings. The van der Waals surface area contributed by atoms with Crippen LogP contribution in [0.25, 0.3) is 10.1 Å². The number of carboxylic acids is 1. The number of hydrogen-bond acceptors (Lipinski definition) is 4. The Hall–Kier alpha value is -2.27. The van der Waals surface area contributed by atoms with Crippen LogP contribution in [0.4, 0.5) is 0 Å². The highest BCUT2D eigenvalue weighted by molar-refractivity contribution is 7.19. The topological polar surface area (TPSA) is 66.7 Å². The molecule has 2 unspecified atom stereocenters. The molecule has 4 nitrogen and oxygen atoms in total. The SMILES string of the molecule is CC1=C(C(=O)O)C(c2cc3ccccc3s2)C2C(=O)CCCC2=N1. The minimum absolute atomic E-state index is 0.119. The van der Waals surface area contributed by atoms with E-state index in [4.69, 9.17) is 0 Å². The molecule has 2 aliphatic rings. The van der Waals surface area contributed by atoms with Gasteiger partial charge in [0.05, 0.1) is 11.5 Å². The number of aliphatic carboxylic acids is 1. The lowest BCUT2D eigenvalue weighted by molar-refractivity contribution is -0.133. The van der Waals surface area contributed by atoms with Crippen LogP contribution in [-0.4, -0.2) is 22.6 Å². The van der Waals surface area contributed by atoms with Gasteiger partial charge in [0.1, 0.15) is 5.78 Å². The first-order valence-electron chi connectivity index (χ1n) is 8.09. The van der Waals surface area contributed by atoms with Gasteiger partial charge in [0.15, 0.2) is 0 Å². The smallest absolute Gasteiger partial charge is 0.334 e. The van der Waals surface area contributed by atoms with Crippen LogP contribution in [0.2, 0.25) is 0 Å². The Morgan fingerprint density at radius 1 is 1.25 bits per heavy atom. The Labute approximate surface area is 143 Å². The number of carboxylic acid groups (broad SMARTS) is 1. The fraction of sp³-hybridized carbons (Fsp3) is 0.316. The van der Waals surface area contributed by atoms with Crippen LogP contribution < -0.4 is 0 Å². The van der Waals surface area contributed by atoms with E-state index in [1.54, 1.807) is 18.3 Å². The second kappa shape index (κ2) is 5.67. The molecule has 0 bridgehead atoms. The Morgan fingerprint density at radius 2 is 2.04 bits per heavy atom. The lowest BCUT2D eigenvalue weighted by Gasteiger charge is -2.34. The monoisotopic (exact) mass is 339 g/mol. The zero-order valence-corrected chi connectivity index (χ0v) is 14.1. The molecule has 1 aromatic carbocycles. The maximum absolute atomic E-state index is 12.6. The summed E-state index contributed by atoms with van der Waals surface area (Å²) in [5, 5.41) is 10.8. The van der Waals surface area contributed by atoms with Crippen LogP contribution in [0.5, 0.6) is 0 Å². The minimum Gasteiger partial charge on any atom is -0.478 e. The summed E-state index contributed by atoms with van der Waals surface area (Å²) in [5.74, 6) is -1.69. The molecule has 24 heavy (non-hydrogen) atoms. The van der Waals surface area contributed by atoms with Crippen molar-refractivity contribution in [3.63, 3.8) is 0 Å². The van der Waals surface area contributed by atoms with Gasteiger partial charge < -0.3 is 5.11 Å². The average Bonchev–Trinajstić information content (AvgIpc) is 2.97. The number of carbonyl (C=O) groups is 2. The molecule has 2 heterocycles. The molecule has 1 aliphatic carbocycles. The highest BCUT2D eigenvalue weighted by atomic mass is 32.1. The van der Waals surface area contributed by atoms with Crippen molar-refractivity contribution < 1.29 is 14.7 Å². The van der Waals surface area contributed by atoms with E-state index in [9.17, 15) is 14.7 Å². The van der Waals surface area contributed by atoms with Crippen LogP contribution >= 0.6 is 11.3 Å². The van der Waals surface area contributed by atoms with E-state index >= 15 is 0 Å². The number of benzene rings is 1. The Bertz CT molecular complexity index is 889. The van der Waals surface area contributed by atoms with Gasteiger partial charge in [-0.2, -0.15) is 0 Å². The van der Waals surface area contributed by atoms with Crippen molar-refractivity contribution in [2.75, 3.05) is 0 Å². The first-order chi connectivity index (χ1) is 11.6. The summed E-state index contributed by atoms with van der Waals surface area (Å²) >= 11 is 1.58. The molecule has 2 aromatic rings. The van der Waals surface area contributed by atoms with Crippen molar-refractivity contribution in [1.29, 1.82) is 0 Å². The molecule has 0 saturated heterocycles. The second-order valence-corrected chi connectivity index (χ2v) is 7.48. The van der Waals surface area contributed by atoms with E-state index in [-0.39, 0.29) is 11.4 Å². The highest BCUT2D eigenvalue weighted by Crippen LogP contribution is 2.45. The number of rotatable bonds is 2. The fourth-order valence-electron chi connectivity index (χ4n) is 3.86. The molecule has 0 spiro atoms. The van der Waals surface area contributed by atoms with E-state index in [1.807, 2.05) is 30.3 Å². The predicted molar refractivity (Wildman–Crippen MR) is 94.7 cm³/mol. The van der Waals surface area contributed by atoms with Crippen LogP contribution in [0.15, 0.2) is 46.6 Å². The quantitative estimate of drug-likeness (QED) is 0.893. The van der Waals surface area contributed by atoms with E-state index in [0.717, 1.165) is 33.5 Å². The molecule has 2 atom stereocenters. The van der Waals surface area contributed by atoms with Crippen molar-refractivity contribution in [3.05, 3.63) is 46.5 Å². The number of thiophene rings is 1. The summed E-state index contributed by atoms with van der Waals surface area (Å²) in [6, 6.07) is 10.0. The van der Waals surface area contributed by atoms with Gasteiger partial charge >= 0.3 is 5.97 Å². The molecule has 0 amide bonds. The van der Waals surface area contributed by atoms with Crippen molar-refractivity contribution >= 4 is 38.9 Å². The van der Waals surface area contributed by atoms with Gasteiger partial charge in [-0.3, -0.25) is 9.79 Å². The summed E-state index contributed by atoms with van der Waals surface area (Å²) in [6.07, 6.45) is 2.10. The molecule has 5 heteroatoms. The molecule has 1 N–H and O–H groups in total. The Morgan fingerprint density at radius 3 is 2.79 bits per heavy atom. The van der Waals surface area contributed by atoms with Crippen LogP contribution in [-0.2, 0) is 9.59 Å². The third-order valence-corrected chi connectivity index (χ3v) is 6.09. The standard InChI is InChI=1S/C19H17NO3S/c1-10-16(19(22)23)18(17-12(20-10)6-4-7-13(17)21)15-9-11-5-2-3-8-14(11)24-15/h2-3,5,8-9,17-18H,4,6-7H2,1H3,(H,22,23). The summed E-state index contributed by atoms with van der Waals surface area (Å²) in [6.45, 7) is 1.74. The maximum Gasteiger partial charge on any atom is 0.334 e. The Balaban J connectivity index is 1.92. The number of hydrogen-bond donors (Lipinski definition) is 1. The number of allylic oxidation sites excluding steroid dienone is 1. The normalized spacial score (nSPS) is 24.0. The molecular formula is C19H17NO3S. The van der Waals surface area contributed by atoms with Gasteiger partial charge in [0.25, 0.3) is 0 Å². The Kier molecular flexibility index (Phi) is 3.61. The average molecular weight is 339 g/mol. The summed E-state index contributed by atoms with van der Waals surface area (Å²) in [5.41, 5.74) is 1.66. The van der Waals surface area contributed by atoms with Crippen molar-refractivity contribution in [2.45, 2.75) is 32.1 Å². The zero-order valence-electron chi connectivity index (χ0n) is 13.3. The maximum atomic E-state index is 12.6. The van der Waals surface area contributed by atoms with Gasteiger partial charge in [-0.25, -0.2) is 4.79 Å². The largest absolute Gasteiger partial charge is 0.478 e. The van der Waals surface area contributed by atoms with Crippen LogP contribution in [0, 0.1) is 5.92 Å². The summed E-state index contributed by atoms with van der Waals surface area (Å²) < 4.78 is 1.11. The molecular weight excluding hydrogens is 322 g/mol. The molecule has 1 aliphatic heterocycles. The van der Waals surface area contributed by atoms with Gasteiger partial charge in [-0.1, -0.05) is 18.2 Å². The molecule has 0 radical (unpaired) electrons. The lowest BCUT2D eigenvalue weighted by Crippen LogP contribution is -2.38. The van der Waals surface area contributed by atoms with E-state index in [2.05, 4.69) is 4.99 Å². The van der Waals surface area contributed by atoms with E-state index < -0.39 is 17.8 Å². The number of ketones is 1. The number of nitrogens with zero attached hydrogens (tertiary/aromatic N) is 1. The van der Waals surface area contributed by atoms with Gasteiger partial charge in [0.2, 0.25) is 0 Å². The summed E-state index contributed by atoms with van der Waals surface area (Å²) in [7, 11) is 0. The molecule has 4 rings (SSSR count). The van der Waals surface area contributed by atoms with E-state index in [1.165, 1.54) is 0 Å². The number of fused-ring (bicyclic) bond motifs is 2. The number of Topliss-reactive ketones (excluding diaryl/α,β-unsaturated/α-hetero) is 1. The van der Waals surface area contributed by atoms with Crippen molar-refractivity contribution in [3.8, 4) is 0 Å². The molecule has 1 saturated carbocycles. The summed E-state index contributed by atoms with van der Waals surface area (Å²) in [4.78, 5) is 30.0. The third-order valence-electron chi connectivity index (χ3n) is 4.89. The molecule has 1 aromatic heterocycles. The van der Waals surface area contributed by atoms with Gasteiger partial charge in [-0.05, 0) is 37.3 Å². The minimum atomic E-state index is -0.976. The van der Waals surface area contributed by atoms with Crippen LogP contribution in [0.3, 0.4) is 0 Å². The first-order valence-corrected chi connectivity index (χ1v) is 8.90. The zero-order chi connectivity index (χ0) is 16.8. The first kappa shape index (κ1) is 15.3.